The van der Waals surface area contributed by atoms with Crippen molar-refractivity contribution in [1.29, 1.82) is 0 Å². The van der Waals surface area contributed by atoms with Gasteiger partial charge in [0.15, 0.2) is 0 Å². The zero-order valence-electron chi connectivity index (χ0n) is 9.12. The second-order valence-electron chi connectivity index (χ2n) is 1.45. The van der Waals surface area contributed by atoms with Crippen LogP contribution < -0.4 is 0 Å². The van der Waals surface area contributed by atoms with Crippen LogP contribution in [0.25, 0.3) is 0 Å². The van der Waals surface area contributed by atoms with E-state index in [0.29, 0.717) is 13.2 Å². The summed E-state index contributed by atoms with van der Waals surface area (Å²) in [6.45, 7) is 4.50. The normalized spacial score (nSPS) is 5.54. The van der Waals surface area contributed by atoms with Crippen molar-refractivity contribution in [2.24, 2.45) is 0 Å². The van der Waals surface area contributed by atoms with Crippen molar-refractivity contribution in [2.45, 2.75) is 26.7 Å². The van der Waals surface area contributed by atoms with Gasteiger partial charge >= 0.3 is 0 Å². The molecule has 0 unspecified atom stereocenters. The number of rotatable bonds is 2. The average Bonchev–Trinajstić information content (AvgIpc) is 2.23. The summed E-state index contributed by atoms with van der Waals surface area (Å²) in [5, 5.41) is 29.8. The Morgan fingerprint density at radius 2 is 0.769 bits per heavy atom. The molecule has 0 aromatic carbocycles. The number of aliphatic hydroxyl groups excluding tert-OH is 4. The van der Waals surface area contributed by atoms with Gasteiger partial charge in [-0.3, -0.25) is 0 Å². The molecule has 0 fully saturated rings. The minimum absolute atomic E-state index is 0. The van der Waals surface area contributed by atoms with Crippen molar-refractivity contribution in [3.8, 4) is 0 Å². The first-order valence-electron chi connectivity index (χ1n) is 3.94. The summed E-state index contributed by atoms with van der Waals surface area (Å²) in [5.41, 5.74) is 0. The minimum Gasteiger partial charge on any atom is -0.400 e. The number of hydrogen-bond donors (Lipinski definition) is 4. The van der Waals surface area contributed by atoms with E-state index in [2.05, 4.69) is 0 Å². The molecule has 4 nitrogen and oxygen atoms in total. The molecule has 0 radical (unpaired) electrons. The Balaban J connectivity index is -0.0000000226. The van der Waals surface area contributed by atoms with Crippen molar-refractivity contribution < 1.29 is 46.6 Å². The Morgan fingerprint density at radius 1 is 0.692 bits per heavy atom. The molecule has 5 heteroatoms. The first-order valence-corrected chi connectivity index (χ1v) is 3.94. The first-order chi connectivity index (χ1) is 5.83. The molecule has 0 aliphatic rings. The third kappa shape index (κ3) is 197. The zero-order valence-corrected chi connectivity index (χ0v) is 11.6. The first kappa shape index (κ1) is 29.2. The van der Waals surface area contributed by atoms with Crippen LogP contribution in [-0.4, -0.2) is 47.9 Å². The van der Waals surface area contributed by atoms with Gasteiger partial charge in [0.25, 0.3) is 0 Å². The van der Waals surface area contributed by atoms with E-state index in [4.69, 9.17) is 20.4 Å². The summed E-state index contributed by atoms with van der Waals surface area (Å²) in [7, 11) is 2.00. The van der Waals surface area contributed by atoms with E-state index in [-0.39, 0.29) is 26.2 Å². The van der Waals surface area contributed by atoms with Gasteiger partial charge in [-0.25, -0.2) is 0 Å². The molecule has 0 bridgehead atoms. The van der Waals surface area contributed by atoms with Gasteiger partial charge in [0, 0.05) is 53.6 Å². The maximum absolute atomic E-state index is 7.88. The standard InChI is InChI=1S/2C3H8O.2CH4O.Zr/c2*1-2-3-4;2*1-2;/h2*4H,2-3H2,1H3;2*2H,1H3;. The molecule has 0 heterocycles. The summed E-state index contributed by atoms with van der Waals surface area (Å²) in [6, 6.07) is 0. The van der Waals surface area contributed by atoms with Crippen LogP contribution in [-0.2, 0) is 26.2 Å². The fraction of sp³-hybridized carbons (Fsp3) is 1.00. The van der Waals surface area contributed by atoms with Gasteiger partial charge in [-0.1, -0.05) is 13.8 Å². The molecule has 0 saturated carbocycles. The SMILES string of the molecule is CCCO.CCCO.CO.CO.[Zr]. The molecule has 0 aliphatic carbocycles. The quantitative estimate of drug-likeness (QED) is 0.571. The van der Waals surface area contributed by atoms with Gasteiger partial charge in [0.1, 0.15) is 0 Å². The summed E-state index contributed by atoms with van der Waals surface area (Å²) in [5.74, 6) is 0. The topological polar surface area (TPSA) is 80.9 Å². The maximum Gasteiger partial charge on any atom is 0.0428 e. The molecule has 13 heavy (non-hydrogen) atoms. The van der Waals surface area contributed by atoms with E-state index in [1.165, 1.54) is 0 Å². The summed E-state index contributed by atoms with van der Waals surface area (Å²) in [4.78, 5) is 0. The van der Waals surface area contributed by atoms with Gasteiger partial charge in [0.2, 0.25) is 0 Å². The Hall–Kier alpha value is 0.723. The van der Waals surface area contributed by atoms with Crippen molar-refractivity contribution >= 4 is 0 Å². The third-order valence-corrected chi connectivity index (χ3v) is 0.447. The monoisotopic (exact) mass is 274 g/mol. The van der Waals surface area contributed by atoms with Gasteiger partial charge < -0.3 is 20.4 Å². The molecule has 0 aromatic rings. The van der Waals surface area contributed by atoms with Crippen LogP contribution in [0.2, 0.25) is 0 Å². The van der Waals surface area contributed by atoms with Gasteiger partial charge in [-0.05, 0) is 12.8 Å². The van der Waals surface area contributed by atoms with Crippen molar-refractivity contribution in [3.05, 3.63) is 0 Å². The molecule has 0 aromatic heterocycles. The molecular formula is C8H24O4Zr. The molecule has 84 valence electrons. The van der Waals surface area contributed by atoms with Crippen LogP contribution in [0.3, 0.4) is 0 Å². The van der Waals surface area contributed by atoms with E-state index in [1.807, 2.05) is 13.8 Å². The second-order valence-corrected chi connectivity index (χ2v) is 1.45. The second kappa shape index (κ2) is 78.4. The number of hydrogen-bond acceptors (Lipinski definition) is 4. The fourth-order valence-corrected chi connectivity index (χ4v) is 0. The Labute approximate surface area is 101 Å². The van der Waals surface area contributed by atoms with E-state index in [0.717, 1.165) is 27.1 Å². The Kier molecular flexibility index (Phi) is 176. The molecule has 0 atom stereocenters. The molecule has 4 N–H and O–H groups in total. The summed E-state index contributed by atoms with van der Waals surface area (Å²) in [6.07, 6.45) is 1.75. The van der Waals surface area contributed by atoms with E-state index in [1.54, 1.807) is 0 Å². The third-order valence-electron chi connectivity index (χ3n) is 0.447. The van der Waals surface area contributed by atoms with Gasteiger partial charge in [-0.15, -0.1) is 0 Å². The van der Waals surface area contributed by atoms with Gasteiger partial charge in [-0.2, -0.15) is 0 Å². The van der Waals surface area contributed by atoms with Crippen molar-refractivity contribution in [2.75, 3.05) is 27.4 Å². The van der Waals surface area contributed by atoms with Crippen LogP contribution in [0.15, 0.2) is 0 Å². The zero-order chi connectivity index (χ0) is 10.8. The summed E-state index contributed by atoms with van der Waals surface area (Å²) >= 11 is 0. The largest absolute Gasteiger partial charge is 0.400 e. The van der Waals surface area contributed by atoms with E-state index < -0.39 is 0 Å². The predicted octanol–water partition coefficient (Wildman–Crippen LogP) is -0.00810. The average molecular weight is 276 g/mol. The van der Waals surface area contributed by atoms with Crippen LogP contribution in [0.4, 0.5) is 0 Å². The summed E-state index contributed by atoms with van der Waals surface area (Å²) < 4.78 is 0. The van der Waals surface area contributed by atoms with Crippen LogP contribution in [0.1, 0.15) is 26.7 Å². The fourth-order valence-electron chi connectivity index (χ4n) is 0. The van der Waals surface area contributed by atoms with Gasteiger partial charge in [0.05, 0.1) is 0 Å². The van der Waals surface area contributed by atoms with E-state index >= 15 is 0 Å². The van der Waals surface area contributed by atoms with Crippen molar-refractivity contribution in [1.82, 2.24) is 0 Å². The predicted molar refractivity (Wildman–Crippen MR) is 51.0 cm³/mol. The van der Waals surface area contributed by atoms with Crippen molar-refractivity contribution in [3.63, 3.8) is 0 Å². The molecule has 0 saturated heterocycles. The van der Waals surface area contributed by atoms with Crippen LogP contribution in [0.5, 0.6) is 0 Å². The Bertz CT molecular complexity index is 24.1. The van der Waals surface area contributed by atoms with Crippen LogP contribution >= 0.6 is 0 Å². The number of aliphatic hydroxyl groups is 4. The smallest absolute Gasteiger partial charge is 0.0428 e. The maximum atomic E-state index is 7.88. The van der Waals surface area contributed by atoms with Crippen LogP contribution in [0, 0.1) is 0 Å². The molecule has 0 spiro atoms. The Morgan fingerprint density at radius 3 is 0.769 bits per heavy atom. The molecule has 0 aliphatic heterocycles. The molecular weight excluding hydrogens is 251 g/mol. The molecule has 0 rings (SSSR count). The minimum atomic E-state index is 0. The molecule has 0 amide bonds. The van der Waals surface area contributed by atoms with E-state index in [9.17, 15) is 0 Å².